The molecule has 1 aliphatic carbocycles. The molecule has 1 N–H and O–H groups in total. The summed E-state index contributed by atoms with van der Waals surface area (Å²) in [5, 5.41) is 3.71. The molecule has 1 aromatic carbocycles. The number of nitrogens with one attached hydrogen (secondary N) is 1. The van der Waals surface area contributed by atoms with Gasteiger partial charge in [0.25, 0.3) is 0 Å². The van der Waals surface area contributed by atoms with Gasteiger partial charge in [0.1, 0.15) is 5.75 Å². The minimum absolute atomic E-state index is 0.463. The molecule has 0 spiro atoms. The quantitative estimate of drug-likeness (QED) is 0.713. The van der Waals surface area contributed by atoms with Gasteiger partial charge in [-0.3, -0.25) is 0 Å². The molecule has 0 radical (unpaired) electrons. The lowest BCUT2D eigenvalue weighted by Crippen LogP contribution is -2.27. The van der Waals surface area contributed by atoms with E-state index in [0.29, 0.717) is 12.6 Å². The zero-order valence-corrected chi connectivity index (χ0v) is 14.2. The summed E-state index contributed by atoms with van der Waals surface area (Å²) < 4.78 is 6.73. The Morgan fingerprint density at radius 2 is 2.15 bits per heavy atom. The molecule has 2 rings (SSSR count). The molecule has 1 atom stereocenters. The smallest absolute Gasteiger partial charge is 0.120 e. The van der Waals surface area contributed by atoms with E-state index in [1.165, 1.54) is 37.7 Å². The Kier molecular flexibility index (Phi) is 6.37. The van der Waals surface area contributed by atoms with Gasteiger partial charge in [-0.1, -0.05) is 48.2 Å². The number of ether oxygens (including phenoxy) is 1. The fraction of sp³-hybridized carbons (Fsp3) is 0.647. The van der Waals surface area contributed by atoms with Gasteiger partial charge in [-0.25, -0.2) is 0 Å². The predicted octanol–water partition coefficient (Wildman–Crippen LogP) is 5.08. The van der Waals surface area contributed by atoms with E-state index < -0.39 is 0 Å². The zero-order chi connectivity index (χ0) is 14.4. The lowest BCUT2D eigenvalue weighted by atomic mass is 9.79. The summed E-state index contributed by atoms with van der Waals surface area (Å²) in [7, 11) is 0. The molecule has 112 valence electrons. The first-order chi connectivity index (χ1) is 9.74. The molecule has 0 saturated heterocycles. The van der Waals surface area contributed by atoms with Gasteiger partial charge in [-0.15, -0.1) is 0 Å². The Labute approximate surface area is 131 Å². The van der Waals surface area contributed by atoms with Crippen molar-refractivity contribution in [3.05, 3.63) is 28.2 Å². The number of benzene rings is 1. The van der Waals surface area contributed by atoms with Gasteiger partial charge in [0.2, 0.25) is 0 Å². The average molecular weight is 340 g/mol. The van der Waals surface area contributed by atoms with Crippen LogP contribution in [0, 0.1) is 5.92 Å². The van der Waals surface area contributed by atoms with Crippen molar-refractivity contribution in [2.24, 2.45) is 5.92 Å². The van der Waals surface area contributed by atoms with E-state index >= 15 is 0 Å². The highest BCUT2D eigenvalue weighted by molar-refractivity contribution is 9.10. The van der Waals surface area contributed by atoms with Crippen LogP contribution in [0.2, 0.25) is 0 Å². The number of halogens is 1. The molecule has 0 aliphatic heterocycles. The normalized spacial score (nSPS) is 16.8. The molecule has 0 amide bonds. The summed E-state index contributed by atoms with van der Waals surface area (Å²) in [6, 6.07) is 6.86. The van der Waals surface area contributed by atoms with Crippen molar-refractivity contribution in [3.8, 4) is 5.75 Å². The topological polar surface area (TPSA) is 21.3 Å². The van der Waals surface area contributed by atoms with E-state index in [1.54, 1.807) is 0 Å². The zero-order valence-electron chi connectivity index (χ0n) is 12.6. The van der Waals surface area contributed by atoms with Crippen molar-refractivity contribution in [2.75, 3.05) is 13.2 Å². The SMILES string of the molecule is CCCNC(CC1CCC1)c1ccc(OCC)cc1Br. The number of hydrogen-bond acceptors (Lipinski definition) is 2. The van der Waals surface area contributed by atoms with Crippen LogP contribution in [0.5, 0.6) is 5.75 Å². The van der Waals surface area contributed by atoms with Crippen molar-refractivity contribution < 1.29 is 4.74 Å². The summed E-state index contributed by atoms with van der Waals surface area (Å²) >= 11 is 3.72. The third-order valence-electron chi connectivity index (χ3n) is 4.09. The molecular weight excluding hydrogens is 314 g/mol. The predicted molar refractivity (Wildman–Crippen MR) is 88.3 cm³/mol. The number of hydrogen-bond donors (Lipinski definition) is 1. The first-order valence-corrected chi connectivity index (χ1v) is 8.69. The van der Waals surface area contributed by atoms with E-state index in [2.05, 4.69) is 46.4 Å². The van der Waals surface area contributed by atoms with Crippen LogP contribution in [0.1, 0.15) is 57.6 Å². The second-order valence-electron chi connectivity index (χ2n) is 5.66. The first kappa shape index (κ1) is 15.8. The largest absolute Gasteiger partial charge is 0.494 e. The second kappa shape index (κ2) is 8.04. The molecule has 3 heteroatoms. The molecule has 1 fully saturated rings. The average Bonchev–Trinajstić information content (AvgIpc) is 2.38. The van der Waals surface area contributed by atoms with Crippen LogP contribution in [0.25, 0.3) is 0 Å². The lowest BCUT2D eigenvalue weighted by Gasteiger charge is -2.31. The van der Waals surface area contributed by atoms with Crippen LogP contribution in [-0.4, -0.2) is 13.2 Å². The van der Waals surface area contributed by atoms with Crippen LogP contribution in [0.3, 0.4) is 0 Å². The first-order valence-electron chi connectivity index (χ1n) is 7.90. The monoisotopic (exact) mass is 339 g/mol. The van der Waals surface area contributed by atoms with Crippen LogP contribution >= 0.6 is 15.9 Å². The molecule has 1 aliphatic rings. The van der Waals surface area contributed by atoms with Gasteiger partial charge < -0.3 is 10.1 Å². The Balaban J connectivity index is 2.09. The lowest BCUT2D eigenvalue weighted by molar-refractivity contribution is 0.260. The molecule has 20 heavy (non-hydrogen) atoms. The highest BCUT2D eigenvalue weighted by atomic mass is 79.9. The van der Waals surface area contributed by atoms with Gasteiger partial charge in [0, 0.05) is 10.5 Å². The summed E-state index contributed by atoms with van der Waals surface area (Å²) in [6.45, 7) is 6.03. The highest BCUT2D eigenvalue weighted by Gasteiger charge is 2.24. The number of rotatable bonds is 8. The summed E-state index contributed by atoms with van der Waals surface area (Å²) in [5.41, 5.74) is 1.37. The minimum atomic E-state index is 0.463. The van der Waals surface area contributed by atoms with Gasteiger partial charge in [0.15, 0.2) is 0 Å². The van der Waals surface area contributed by atoms with Crippen LogP contribution in [-0.2, 0) is 0 Å². The third kappa shape index (κ3) is 4.23. The minimum Gasteiger partial charge on any atom is -0.494 e. The second-order valence-corrected chi connectivity index (χ2v) is 6.51. The molecule has 1 aromatic rings. The van der Waals surface area contributed by atoms with Crippen molar-refractivity contribution in [1.82, 2.24) is 5.32 Å². The van der Waals surface area contributed by atoms with Gasteiger partial charge in [-0.2, -0.15) is 0 Å². The summed E-state index contributed by atoms with van der Waals surface area (Å²) in [4.78, 5) is 0. The maximum Gasteiger partial charge on any atom is 0.120 e. The van der Waals surface area contributed by atoms with Crippen LogP contribution < -0.4 is 10.1 Å². The van der Waals surface area contributed by atoms with Gasteiger partial charge >= 0.3 is 0 Å². The Bertz CT molecular complexity index is 417. The third-order valence-corrected chi connectivity index (χ3v) is 4.78. The van der Waals surface area contributed by atoms with E-state index in [0.717, 1.165) is 22.7 Å². The fourth-order valence-electron chi connectivity index (χ4n) is 2.75. The molecule has 0 bridgehead atoms. The molecular formula is C17H26BrNO. The molecule has 0 aromatic heterocycles. The summed E-state index contributed by atoms with van der Waals surface area (Å²) in [6.07, 6.45) is 6.65. The van der Waals surface area contributed by atoms with E-state index in [1.807, 2.05) is 6.92 Å². The van der Waals surface area contributed by atoms with Crippen molar-refractivity contribution in [2.45, 2.75) is 52.0 Å². The van der Waals surface area contributed by atoms with Crippen LogP contribution in [0.15, 0.2) is 22.7 Å². The van der Waals surface area contributed by atoms with Crippen molar-refractivity contribution >= 4 is 15.9 Å². The molecule has 1 saturated carbocycles. The Hall–Kier alpha value is -0.540. The van der Waals surface area contributed by atoms with Crippen molar-refractivity contribution in [1.29, 1.82) is 0 Å². The van der Waals surface area contributed by atoms with Gasteiger partial charge in [-0.05, 0) is 49.9 Å². The maximum atomic E-state index is 5.57. The maximum absolute atomic E-state index is 5.57. The van der Waals surface area contributed by atoms with Gasteiger partial charge in [0.05, 0.1) is 6.61 Å². The molecule has 2 nitrogen and oxygen atoms in total. The van der Waals surface area contributed by atoms with E-state index in [4.69, 9.17) is 4.74 Å². The van der Waals surface area contributed by atoms with E-state index in [9.17, 15) is 0 Å². The standard InChI is InChI=1S/C17H26BrNO/c1-3-10-19-17(11-13-6-5-7-13)15-9-8-14(20-4-2)12-16(15)18/h8-9,12-13,17,19H,3-7,10-11H2,1-2H3. The van der Waals surface area contributed by atoms with Crippen molar-refractivity contribution in [3.63, 3.8) is 0 Å². The summed E-state index contributed by atoms with van der Waals surface area (Å²) in [5.74, 6) is 1.85. The van der Waals surface area contributed by atoms with E-state index in [-0.39, 0.29) is 0 Å². The Morgan fingerprint density at radius 3 is 2.70 bits per heavy atom. The fourth-order valence-corrected chi connectivity index (χ4v) is 3.38. The van der Waals surface area contributed by atoms with Crippen LogP contribution in [0.4, 0.5) is 0 Å². The molecule has 0 heterocycles. The Morgan fingerprint density at radius 1 is 1.35 bits per heavy atom. The molecule has 1 unspecified atom stereocenters. The highest BCUT2D eigenvalue weighted by Crippen LogP contribution is 2.37.